The monoisotopic (exact) mass is 365 g/mol. The molecule has 0 unspecified atom stereocenters. The fourth-order valence-corrected chi connectivity index (χ4v) is 2.19. The van der Waals surface area contributed by atoms with Gasteiger partial charge in [0.25, 0.3) is 5.79 Å². The highest BCUT2D eigenvalue weighted by molar-refractivity contribution is 9.10. The van der Waals surface area contributed by atoms with Crippen LogP contribution in [0.2, 0.25) is 0 Å². The summed E-state index contributed by atoms with van der Waals surface area (Å²) in [6.45, 7) is 2.79. The fourth-order valence-electron chi connectivity index (χ4n) is 1.81. The summed E-state index contributed by atoms with van der Waals surface area (Å²) in [5.74, 6) is -2.47. The van der Waals surface area contributed by atoms with E-state index in [0.717, 1.165) is 4.47 Å². The van der Waals surface area contributed by atoms with Gasteiger partial charge in [0.1, 0.15) is 17.4 Å². The summed E-state index contributed by atoms with van der Waals surface area (Å²) in [6, 6.07) is 6.84. The minimum atomic E-state index is -1.29. The van der Waals surface area contributed by atoms with Crippen LogP contribution in [0.5, 0.6) is 5.75 Å². The van der Waals surface area contributed by atoms with Crippen molar-refractivity contribution < 1.29 is 23.8 Å². The highest BCUT2D eigenvalue weighted by Gasteiger charge is 2.39. The van der Waals surface area contributed by atoms with E-state index >= 15 is 0 Å². The zero-order valence-electron chi connectivity index (χ0n) is 11.9. The Hall–Kier alpha value is -2.33. The molecule has 1 aliphatic rings. The van der Waals surface area contributed by atoms with Gasteiger partial charge in [0, 0.05) is 23.9 Å². The van der Waals surface area contributed by atoms with Crippen LogP contribution in [-0.4, -0.2) is 24.3 Å². The van der Waals surface area contributed by atoms with Gasteiger partial charge in [-0.15, -0.1) is 0 Å². The Labute approximate surface area is 135 Å². The average molecular weight is 366 g/mol. The lowest BCUT2D eigenvalue weighted by Gasteiger charge is -2.29. The molecule has 0 radical (unpaired) electrons. The Balaban J connectivity index is 2.40. The topological polar surface area (TPSA) is 85.6 Å². The van der Waals surface area contributed by atoms with Gasteiger partial charge >= 0.3 is 11.9 Å². The molecule has 1 aliphatic heterocycles. The van der Waals surface area contributed by atoms with Crippen molar-refractivity contribution in [2.24, 2.45) is 0 Å². The van der Waals surface area contributed by atoms with E-state index in [2.05, 4.69) is 15.9 Å². The summed E-state index contributed by atoms with van der Waals surface area (Å²) < 4.78 is 16.0. The lowest BCUT2D eigenvalue weighted by Crippen LogP contribution is -2.41. The Morgan fingerprint density at radius 2 is 1.95 bits per heavy atom. The van der Waals surface area contributed by atoms with Crippen LogP contribution in [0.3, 0.4) is 0 Å². The molecule has 2 rings (SSSR count). The first kappa shape index (κ1) is 16.0. The van der Waals surface area contributed by atoms with Crippen LogP contribution in [0.15, 0.2) is 28.2 Å². The highest BCUT2D eigenvalue weighted by Crippen LogP contribution is 2.29. The van der Waals surface area contributed by atoms with Gasteiger partial charge in [-0.05, 0) is 24.3 Å². The minimum absolute atomic E-state index is 0.153. The number of cyclic esters (lactones) is 2. The third-order valence-corrected chi connectivity index (χ3v) is 3.17. The third kappa shape index (κ3) is 3.65. The molecule has 1 heterocycles. The first-order valence-corrected chi connectivity index (χ1v) is 7.09. The molecule has 1 fully saturated rings. The zero-order chi connectivity index (χ0) is 16.3. The van der Waals surface area contributed by atoms with Gasteiger partial charge in [-0.2, -0.15) is 5.26 Å². The van der Waals surface area contributed by atoms with Crippen molar-refractivity contribution in [2.45, 2.75) is 19.6 Å². The number of hydrogen-bond acceptors (Lipinski definition) is 6. The van der Waals surface area contributed by atoms with Crippen molar-refractivity contribution in [2.75, 3.05) is 6.61 Å². The van der Waals surface area contributed by atoms with E-state index in [1.165, 1.54) is 19.9 Å². The largest absolute Gasteiger partial charge is 0.478 e. The van der Waals surface area contributed by atoms with Gasteiger partial charge in [-0.3, -0.25) is 0 Å². The summed E-state index contributed by atoms with van der Waals surface area (Å²) in [5, 5.41) is 8.59. The quantitative estimate of drug-likeness (QED) is 0.464. The van der Waals surface area contributed by atoms with E-state index in [1.807, 2.05) is 6.07 Å². The number of rotatable bonds is 3. The summed E-state index contributed by atoms with van der Waals surface area (Å²) in [6.07, 6.45) is 1.32. The van der Waals surface area contributed by atoms with Crippen LogP contribution in [0.4, 0.5) is 0 Å². The lowest BCUT2D eigenvalue weighted by atomic mass is 10.1. The number of nitrogens with zero attached hydrogens (tertiary/aromatic N) is 1. The molecule has 7 heteroatoms. The van der Waals surface area contributed by atoms with E-state index in [-0.39, 0.29) is 12.2 Å². The smallest absolute Gasteiger partial charge is 0.348 e. The van der Waals surface area contributed by atoms with Crippen LogP contribution in [-0.2, 0) is 19.1 Å². The minimum Gasteiger partial charge on any atom is -0.478 e. The standard InChI is InChI=1S/C15H12BrNO5/c1-15(2)21-13(18)11(14(19)22-15)8-9-7-10(16)3-4-12(9)20-6-5-17/h3-4,7-8H,6H2,1-2H3. The first-order valence-electron chi connectivity index (χ1n) is 6.30. The average Bonchev–Trinajstić information content (AvgIpc) is 2.41. The first-order chi connectivity index (χ1) is 10.3. The summed E-state index contributed by atoms with van der Waals surface area (Å²) in [5.41, 5.74) is 0.215. The molecule has 1 aromatic carbocycles. The number of halogens is 1. The summed E-state index contributed by atoms with van der Waals surface area (Å²) >= 11 is 3.30. The maximum atomic E-state index is 11.9. The van der Waals surface area contributed by atoms with Crippen molar-refractivity contribution in [3.8, 4) is 11.8 Å². The van der Waals surface area contributed by atoms with E-state index in [0.29, 0.717) is 11.3 Å². The molecular weight excluding hydrogens is 354 g/mol. The number of hydrogen-bond donors (Lipinski definition) is 0. The lowest BCUT2D eigenvalue weighted by molar-refractivity contribution is -0.222. The molecule has 114 valence electrons. The van der Waals surface area contributed by atoms with Crippen LogP contribution in [0.25, 0.3) is 6.08 Å². The van der Waals surface area contributed by atoms with Gasteiger partial charge in [0.2, 0.25) is 0 Å². The number of esters is 2. The van der Waals surface area contributed by atoms with E-state index in [1.54, 1.807) is 18.2 Å². The van der Waals surface area contributed by atoms with Crippen LogP contribution in [0.1, 0.15) is 19.4 Å². The maximum absolute atomic E-state index is 11.9. The predicted molar refractivity (Wildman–Crippen MR) is 79.5 cm³/mol. The van der Waals surface area contributed by atoms with Gasteiger partial charge < -0.3 is 14.2 Å². The molecule has 0 atom stereocenters. The second-order valence-electron chi connectivity index (χ2n) is 4.87. The molecular formula is C15H12BrNO5. The van der Waals surface area contributed by atoms with Crippen molar-refractivity contribution in [3.63, 3.8) is 0 Å². The Morgan fingerprint density at radius 1 is 1.32 bits per heavy atom. The molecule has 0 N–H and O–H groups in total. The molecule has 0 saturated carbocycles. The normalized spacial score (nSPS) is 16.4. The van der Waals surface area contributed by atoms with Gasteiger partial charge in [0.15, 0.2) is 6.61 Å². The zero-order valence-corrected chi connectivity index (χ0v) is 13.5. The molecule has 6 nitrogen and oxygen atoms in total. The highest BCUT2D eigenvalue weighted by atomic mass is 79.9. The number of nitriles is 1. The van der Waals surface area contributed by atoms with E-state index in [4.69, 9.17) is 19.5 Å². The summed E-state index contributed by atoms with van der Waals surface area (Å²) in [7, 11) is 0. The Kier molecular flexibility index (Phi) is 4.52. The number of ether oxygens (including phenoxy) is 3. The van der Waals surface area contributed by atoms with Gasteiger partial charge in [0.05, 0.1) is 0 Å². The molecule has 0 amide bonds. The second-order valence-corrected chi connectivity index (χ2v) is 5.78. The second kappa shape index (κ2) is 6.20. The third-order valence-electron chi connectivity index (χ3n) is 2.68. The van der Waals surface area contributed by atoms with E-state index < -0.39 is 17.7 Å². The van der Waals surface area contributed by atoms with Crippen LogP contribution < -0.4 is 4.74 Å². The van der Waals surface area contributed by atoms with Crippen LogP contribution in [0, 0.1) is 11.3 Å². The van der Waals surface area contributed by atoms with Crippen molar-refractivity contribution >= 4 is 33.9 Å². The van der Waals surface area contributed by atoms with Gasteiger partial charge in [-0.25, -0.2) is 9.59 Å². The summed E-state index contributed by atoms with van der Waals surface area (Å²) in [4.78, 5) is 23.9. The number of carbonyl (C=O) groups excluding carboxylic acids is 2. The van der Waals surface area contributed by atoms with Crippen molar-refractivity contribution in [1.82, 2.24) is 0 Å². The molecule has 1 saturated heterocycles. The van der Waals surface area contributed by atoms with Crippen LogP contribution >= 0.6 is 15.9 Å². The predicted octanol–water partition coefficient (Wildman–Crippen LogP) is 2.57. The SMILES string of the molecule is CC1(C)OC(=O)C(=Cc2cc(Br)ccc2OCC#N)C(=O)O1. The fraction of sp³-hybridized carbons (Fsp3) is 0.267. The molecule has 0 spiro atoms. The molecule has 0 aliphatic carbocycles. The molecule has 0 bridgehead atoms. The molecule has 22 heavy (non-hydrogen) atoms. The molecule has 0 aromatic heterocycles. The maximum Gasteiger partial charge on any atom is 0.348 e. The van der Waals surface area contributed by atoms with Crippen molar-refractivity contribution in [1.29, 1.82) is 5.26 Å². The Morgan fingerprint density at radius 3 is 2.55 bits per heavy atom. The van der Waals surface area contributed by atoms with Crippen molar-refractivity contribution in [3.05, 3.63) is 33.8 Å². The number of carbonyl (C=O) groups is 2. The van der Waals surface area contributed by atoms with E-state index in [9.17, 15) is 9.59 Å². The van der Waals surface area contributed by atoms with Gasteiger partial charge in [-0.1, -0.05) is 15.9 Å². The molecule has 1 aromatic rings. The number of benzene rings is 1. The Bertz CT molecular complexity index is 680.